The van der Waals surface area contributed by atoms with Crippen LogP contribution >= 0.6 is 0 Å². The number of methoxy groups -OCH3 is 1. The van der Waals surface area contributed by atoms with Crippen molar-refractivity contribution in [1.82, 2.24) is 0 Å². The number of hydrogen-bond donors (Lipinski definition) is 0. The molecule has 1 unspecified atom stereocenters. The van der Waals surface area contributed by atoms with E-state index in [1.165, 1.54) is 38.9 Å². The Kier molecular flexibility index (Phi) is 7.35. The summed E-state index contributed by atoms with van der Waals surface area (Å²) in [6, 6.07) is 33.1. The third-order valence-corrected chi connectivity index (χ3v) is 11.8. The van der Waals surface area contributed by atoms with Crippen molar-refractivity contribution >= 4 is 28.2 Å². The monoisotopic (exact) mass is 650 g/mol. The topological polar surface area (TPSA) is 34.2 Å². The second kappa shape index (κ2) is 11.4. The standard InChI is InChI=1S/C44H46N2O3/c1-42(2)38-11-9-8-10-35(38)39-34-21-18-32(46-24-26-48-27-25-46)28-37(34)41-36(40(39)43(42,3)4)22-23-44(49-41,30-14-19-33(47-7)20-15-30)29-12-16-31(17-13-29)45(5)6/h8-23,28H,24-27H2,1-7H3. The van der Waals surface area contributed by atoms with Gasteiger partial charge in [-0.05, 0) is 75.5 Å². The molecule has 5 heteroatoms. The molecule has 2 heterocycles. The highest BCUT2D eigenvalue weighted by atomic mass is 16.5. The molecule has 1 fully saturated rings. The van der Waals surface area contributed by atoms with Crippen LogP contribution in [-0.4, -0.2) is 47.5 Å². The maximum absolute atomic E-state index is 7.65. The summed E-state index contributed by atoms with van der Waals surface area (Å²) in [5.74, 6) is 1.75. The molecule has 0 bridgehead atoms. The lowest BCUT2D eigenvalue weighted by Crippen LogP contribution is -2.44. The quantitative estimate of drug-likeness (QED) is 0.189. The highest BCUT2D eigenvalue weighted by Crippen LogP contribution is 2.60. The van der Waals surface area contributed by atoms with Crippen LogP contribution in [0.25, 0.3) is 28.0 Å². The predicted octanol–water partition coefficient (Wildman–Crippen LogP) is 9.34. The van der Waals surface area contributed by atoms with E-state index in [1.54, 1.807) is 7.11 Å². The molecule has 0 amide bonds. The van der Waals surface area contributed by atoms with Crippen molar-refractivity contribution in [2.24, 2.45) is 0 Å². The summed E-state index contributed by atoms with van der Waals surface area (Å²) in [6.07, 6.45) is 4.64. The van der Waals surface area contributed by atoms with Gasteiger partial charge in [0.2, 0.25) is 0 Å². The number of rotatable bonds is 5. The summed E-state index contributed by atoms with van der Waals surface area (Å²) in [6.45, 7) is 12.8. The Morgan fingerprint density at radius 2 is 1.43 bits per heavy atom. The lowest BCUT2D eigenvalue weighted by atomic mass is 9.54. The van der Waals surface area contributed by atoms with Gasteiger partial charge in [-0.3, -0.25) is 0 Å². The van der Waals surface area contributed by atoms with Crippen molar-refractivity contribution in [3.05, 3.63) is 125 Å². The van der Waals surface area contributed by atoms with Crippen LogP contribution in [0.1, 0.15) is 55.5 Å². The van der Waals surface area contributed by atoms with Gasteiger partial charge in [0, 0.05) is 66.1 Å². The fourth-order valence-electron chi connectivity index (χ4n) is 8.30. The second-order valence-corrected chi connectivity index (χ2v) is 15.0. The van der Waals surface area contributed by atoms with Crippen LogP contribution in [0.4, 0.5) is 11.4 Å². The number of benzene rings is 5. The molecule has 0 saturated carbocycles. The lowest BCUT2D eigenvalue weighted by molar-refractivity contribution is 0.122. The molecule has 3 aliphatic rings. The molecule has 8 rings (SSSR count). The van der Waals surface area contributed by atoms with Gasteiger partial charge in [0.15, 0.2) is 5.60 Å². The SMILES string of the molecule is COc1ccc(C2(c3ccc(N(C)C)cc3)C=Cc3c4c(c5ccc(N6CCOCC6)cc5c3O2)-c2ccccc2C(C)(C)C4(C)C)cc1. The van der Waals surface area contributed by atoms with Gasteiger partial charge in [-0.2, -0.15) is 0 Å². The first-order chi connectivity index (χ1) is 23.6. The molecular formula is C44H46N2O3. The number of nitrogens with zero attached hydrogens (tertiary/aromatic N) is 2. The Hall–Kier alpha value is -4.74. The maximum atomic E-state index is 7.65. The Morgan fingerprint density at radius 3 is 2.10 bits per heavy atom. The molecule has 49 heavy (non-hydrogen) atoms. The summed E-state index contributed by atoms with van der Waals surface area (Å²) >= 11 is 0. The van der Waals surface area contributed by atoms with Gasteiger partial charge in [0.25, 0.3) is 0 Å². The van der Waals surface area contributed by atoms with E-state index in [0.717, 1.165) is 60.0 Å². The fraction of sp³-hybridized carbons (Fsp3) is 0.318. The second-order valence-electron chi connectivity index (χ2n) is 15.0. The van der Waals surface area contributed by atoms with E-state index in [4.69, 9.17) is 14.2 Å². The summed E-state index contributed by atoms with van der Waals surface area (Å²) in [5.41, 5.74) is 9.84. The van der Waals surface area contributed by atoms with Crippen LogP contribution in [0.5, 0.6) is 11.5 Å². The van der Waals surface area contributed by atoms with Gasteiger partial charge in [-0.1, -0.05) is 88.4 Å². The van der Waals surface area contributed by atoms with Crippen LogP contribution < -0.4 is 19.3 Å². The van der Waals surface area contributed by atoms with Gasteiger partial charge in [0.1, 0.15) is 11.5 Å². The minimum absolute atomic E-state index is 0.119. The molecule has 5 aromatic carbocycles. The first kappa shape index (κ1) is 31.5. The Balaban J connectivity index is 1.44. The van der Waals surface area contributed by atoms with Crippen molar-refractivity contribution in [3.63, 3.8) is 0 Å². The zero-order valence-electron chi connectivity index (χ0n) is 29.8. The van der Waals surface area contributed by atoms with E-state index in [-0.39, 0.29) is 10.8 Å². The Morgan fingerprint density at radius 1 is 0.755 bits per heavy atom. The van der Waals surface area contributed by atoms with E-state index in [0.29, 0.717) is 0 Å². The summed E-state index contributed by atoms with van der Waals surface area (Å²) < 4.78 is 19.0. The minimum Gasteiger partial charge on any atom is -0.497 e. The summed E-state index contributed by atoms with van der Waals surface area (Å²) in [7, 11) is 5.86. The third-order valence-electron chi connectivity index (χ3n) is 11.8. The van der Waals surface area contributed by atoms with Crippen molar-refractivity contribution in [1.29, 1.82) is 0 Å². The van der Waals surface area contributed by atoms with Gasteiger partial charge in [-0.15, -0.1) is 0 Å². The van der Waals surface area contributed by atoms with Crippen LogP contribution in [0.3, 0.4) is 0 Å². The number of fused-ring (bicyclic) bond motifs is 8. The van der Waals surface area contributed by atoms with E-state index < -0.39 is 5.60 Å². The highest BCUT2D eigenvalue weighted by molar-refractivity contribution is 6.08. The van der Waals surface area contributed by atoms with Crippen LogP contribution in [0.15, 0.2) is 97.1 Å². The maximum Gasteiger partial charge on any atom is 0.178 e. The van der Waals surface area contributed by atoms with E-state index in [2.05, 4.69) is 143 Å². The lowest BCUT2D eigenvalue weighted by Gasteiger charge is -2.50. The van der Waals surface area contributed by atoms with E-state index in [1.807, 2.05) is 12.1 Å². The molecular weight excluding hydrogens is 604 g/mol. The normalized spacial score (nSPS) is 20.2. The number of hydrogen-bond acceptors (Lipinski definition) is 5. The largest absolute Gasteiger partial charge is 0.497 e. The Labute approximate surface area is 290 Å². The fourth-order valence-corrected chi connectivity index (χ4v) is 8.30. The molecule has 5 aromatic rings. The molecule has 1 saturated heterocycles. The predicted molar refractivity (Wildman–Crippen MR) is 203 cm³/mol. The number of anilines is 2. The third kappa shape index (κ3) is 4.69. The van der Waals surface area contributed by atoms with Crippen LogP contribution in [0, 0.1) is 0 Å². The number of ether oxygens (including phenoxy) is 3. The highest BCUT2D eigenvalue weighted by Gasteiger charge is 2.49. The van der Waals surface area contributed by atoms with Gasteiger partial charge < -0.3 is 24.0 Å². The van der Waals surface area contributed by atoms with E-state index in [9.17, 15) is 0 Å². The molecule has 2 aliphatic heterocycles. The zero-order valence-corrected chi connectivity index (χ0v) is 29.8. The molecule has 1 aliphatic carbocycles. The zero-order chi connectivity index (χ0) is 34.1. The average Bonchev–Trinajstić information content (AvgIpc) is 3.13. The molecule has 1 atom stereocenters. The van der Waals surface area contributed by atoms with Gasteiger partial charge in [-0.25, -0.2) is 0 Å². The van der Waals surface area contributed by atoms with Crippen molar-refractivity contribution < 1.29 is 14.2 Å². The minimum atomic E-state index is -0.855. The first-order valence-corrected chi connectivity index (χ1v) is 17.4. The molecule has 250 valence electrons. The van der Waals surface area contributed by atoms with Crippen molar-refractivity contribution in [2.75, 3.05) is 57.3 Å². The van der Waals surface area contributed by atoms with Crippen molar-refractivity contribution in [2.45, 2.75) is 44.1 Å². The van der Waals surface area contributed by atoms with E-state index >= 15 is 0 Å². The number of morpholine rings is 1. The smallest absolute Gasteiger partial charge is 0.178 e. The molecule has 0 spiro atoms. The molecule has 0 aromatic heterocycles. The Bertz CT molecular complexity index is 2090. The van der Waals surface area contributed by atoms with Crippen LogP contribution in [-0.2, 0) is 21.2 Å². The molecule has 0 N–H and O–H groups in total. The van der Waals surface area contributed by atoms with Gasteiger partial charge in [0.05, 0.1) is 20.3 Å². The first-order valence-electron chi connectivity index (χ1n) is 17.4. The molecule has 0 radical (unpaired) electrons. The van der Waals surface area contributed by atoms with Crippen molar-refractivity contribution in [3.8, 4) is 22.6 Å². The molecule has 5 nitrogen and oxygen atoms in total. The average molecular weight is 651 g/mol. The van der Waals surface area contributed by atoms with Gasteiger partial charge >= 0.3 is 0 Å². The summed E-state index contributed by atoms with van der Waals surface area (Å²) in [4.78, 5) is 4.57. The van der Waals surface area contributed by atoms with Crippen LogP contribution in [0.2, 0.25) is 0 Å². The summed E-state index contributed by atoms with van der Waals surface area (Å²) in [5, 5.41) is 2.36.